The van der Waals surface area contributed by atoms with Crippen molar-refractivity contribution in [1.82, 2.24) is 4.72 Å². The summed E-state index contributed by atoms with van der Waals surface area (Å²) in [6.07, 6.45) is 6.22. The van der Waals surface area contributed by atoms with Crippen molar-refractivity contribution in [1.29, 1.82) is 0 Å². The second-order valence-corrected chi connectivity index (χ2v) is 4.82. The van der Waals surface area contributed by atoms with Crippen molar-refractivity contribution in [2.45, 2.75) is 25.8 Å². The van der Waals surface area contributed by atoms with Gasteiger partial charge in [-0.3, -0.25) is 0 Å². The summed E-state index contributed by atoms with van der Waals surface area (Å²) in [5.41, 5.74) is 0. The third kappa shape index (κ3) is 5.97. The zero-order valence-corrected chi connectivity index (χ0v) is 9.43. The van der Waals surface area contributed by atoms with Crippen LogP contribution in [0.4, 0.5) is 0 Å². The van der Waals surface area contributed by atoms with E-state index in [1.807, 2.05) is 6.92 Å². The average molecular weight is 219 g/mol. The molecule has 5 heteroatoms. The number of ether oxygens (including phenoxy) is 1. The Morgan fingerprint density at radius 1 is 1.57 bits per heavy atom. The van der Waals surface area contributed by atoms with Crippen LogP contribution < -0.4 is 4.72 Å². The molecule has 0 spiro atoms. The highest BCUT2D eigenvalue weighted by atomic mass is 32.2. The summed E-state index contributed by atoms with van der Waals surface area (Å²) < 4.78 is 30.0. The topological polar surface area (TPSA) is 55.4 Å². The highest BCUT2D eigenvalue weighted by Crippen LogP contribution is 1.99. The molecule has 0 aromatic carbocycles. The fourth-order valence-electron chi connectivity index (χ4n) is 0.917. The predicted octanol–water partition coefficient (Wildman–Crippen LogP) is 0.354. The maximum Gasteiger partial charge on any atom is 0.214 e. The Kier molecular flexibility index (Phi) is 6.54. The second kappa shape index (κ2) is 6.82. The van der Waals surface area contributed by atoms with Crippen LogP contribution in [0.1, 0.15) is 19.8 Å². The molecular weight excluding hydrogens is 202 g/mol. The van der Waals surface area contributed by atoms with Gasteiger partial charge in [-0.25, -0.2) is 13.1 Å². The molecule has 14 heavy (non-hydrogen) atoms. The smallest absolute Gasteiger partial charge is 0.214 e. The first-order chi connectivity index (χ1) is 6.55. The van der Waals surface area contributed by atoms with E-state index in [0.717, 1.165) is 0 Å². The normalized spacial score (nSPS) is 13.5. The van der Waals surface area contributed by atoms with E-state index < -0.39 is 10.0 Å². The van der Waals surface area contributed by atoms with Crippen molar-refractivity contribution in [2.24, 2.45) is 0 Å². The summed E-state index contributed by atoms with van der Waals surface area (Å²) in [5.74, 6) is 2.42. The molecule has 0 fully saturated rings. The fourth-order valence-corrected chi connectivity index (χ4v) is 2.18. The number of hydrogen-bond acceptors (Lipinski definition) is 3. The predicted molar refractivity (Wildman–Crippen MR) is 56.3 cm³/mol. The van der Waals surface area contributed by atoms with Gasteiger partial charge in [0.05, 0.1) is 12.4 Å². The summed E-state index contributed by atoms with van der Waals surface area (Å²) >= 11 is 0. The molecule has 0 aliphatic heterocycles. The number of methoxy groups -OCH3 is 1. The van der Waals surface area contributed by atoms with E-state index in [0.29, 0.717) is 12.8 Å². The van der Waals surface area contributed by atoms with Crippen LogP contribution in [-0.4, -0.2) is 33.9 Å². The van der Waals surface area contributed by atoms with Gasteiger partial charge in [-0.15, -0.1) is 12.3 Å². The molecule has 0 rings (SSSR count). The van der Waals surface area contributed by atoms with Crippen LogP contribution in [0.5, 0.6) is 0 Å². The van der Waals surface area contributed by atoms with Crippen molar-refractivity contribution in [2.75, 3.05) is 19.5 Å². The summed E-state index contributed by atoms with van der Waals surface area (Å²) in [4.78, 5) is 0. The van der Waals surface area contributed by atoms with E-state index in [2.05, 4.69) is 10.6 Å². The molecule has 0 amide bonds. The molecule has 0 bridgehead atoms. The Morgan fingerprint density at radius 3 is 2.64 bits per heavy atom. The Bertz CT molecular complexity index is 279. The maximum atomic E-state index is 11.4. The Hall–Kier alpha value is -0.570. The molecule has 0 aliphatic rings. The first kappa shape index (κ1) is 13.4. The summed E-state index contributed by atoms with van der Waals surface area (Å²) in [5, 5.41) is 0. The lowest BCUT2D eigenvalue weighted by molar-refractivity contribution is 0.216. The largest absolute Gasteiger partial charge is 0.384 e. The van der Waals surface area contributed by atoms with Gasteiger partial charge in [-0.05, 0) is 6.42 Å². The summed E-state index contributed by atoms with van der Waals surface area (Å²) in [6.45, 7) is 2.09. The van der Waals surface area contributed by atoms with Gasteiger partial charge in [0.2, 0.25) is 10.0 Å². The van der Waals surface area contributed by atoms with Gasteiger partial charge < -0.3 is 4.74 Å². The van der Waals surface area contributed by atoms with E-state index in [1.165, 1.54) is 7.11 Å². The molecule has 0 aliphatic carbocycles. The lowest BCUT2D eigenvalue weighted by Gasteiger charge is -2.13. The molecule has 4 nitrogen and oxygen atoms in total. The third-order valence-corrected chi connectivity index (χ3v) is 3.16. The van der Waals surface area contributed by atoms with Crippen molar-refractivity contribution < 1.29 is 13.2 Å². The molecule has 0 saturated heterocycles. The molecule has 0 radical (unpaired) electrons. The monoisotopic (exact) mass is 219 g/mol. The lowest BCUT2D eigenvalue weighted by Crippen LogP contribution is -2.36. The van der Waals surface area contributed by atoms with Crippen LogP contribution in [0, 0.1) is 12.3 Å². The first-order valence-corrected chi connectivity index (χ1v) is 6.13. The van der Waals surface area contributed by atoms with Gasteiger partial charge in [0.25, 0.3) is 0 Å². The second-order valence-electron chi connectivity index (χ2n) is 2.94. The van der Waals surface area contributed by atoms with Crippen molar-refractivity contribution in [3.63, 3.8) is 0 Å². The van der Waals surface area contributed by atoms with Gasteiger partial charge >= 0.3 is 0 Å². The van der Waals surface area contributed by atoms with E-state index >= 15 is 0 Å². The average Bonchev–Trinajstić information content (AvgIpc) is 2.14. The Labute approximate surface area is 86.1 Å². The zero-order valence-electron chi connectivity index (χ0n) is 8.62. The molecule has 82 valence electrons. The maximum absolute atomic E-state index is 11.4. The zero-order chi connectivity index (χ0) is 11.0. The van der Waals surface area contributed by atoms with Crippen molar-refractivity contribution >= 4 is 10.0 Å². The van der Waals surface area contributed by atoms with Crippen LogP contribution in [0.2, 0.25) is 0 Å². The van der Waals surface area contributed by atoms with E-state index in [9.17, 15) is 8.42 Å². The number of terminal acetylenes is 1. The quantitative estimate of drug-likeness (QED) is 0.629. The summed E-state index contributed by atoms with van der Waals surface area (Å²) in [6, 6.07) is -0.165. The molecule has 0 aromatic heterocycles. The van der Waals surface area contributed by atoms with Crippen LogP contribution in [-0.2, 0) is 14.8 Å². The third-order valence-electron chi connectivity index (χ3n) is 1.76. The lowest BCUT2D eigenvalue weighted by atomic mass is 10.2. The van der Waals surface area contributed by atoms with E-state index in [1.54, 1.807) is 0 Å². The van der Waals surface area contributed by atoms with E-state index in [4.69, 9.17) is 11.2 Å². The van der Waals surface area contributed by atoms with Crippen LogP contribution >= 0.6 is 0 Å². The Morgan fingerprint density at radius 2 is 2.21 bits per heavy atom. The molecule has 0 heterocycles. The van der Waals surface area contributed by atoms with Gasteiger partial charge in [0.15, 0.2) is 0 Å². The Balaban J connectivity index is 4.12. The van der Waals surface area contributed by atoms with Gasteiger partial charge in [0, 0.05) is 19.6 Å². The minimum Gasteiger partial charge on any atom is -0.384 e. The van der Waals surface area contributed by atoms with Crippen molar-refractivity contribution in [3.05, 3.63) is 0 Å². The molecule has 1 N–H and O–H groups in total. The van der Waals surface area contributed by atoms with Gasteiger partial charge in [-0.2, -0.15) is 0 Å². The molecular formula is C9H17NO3S. The number of hydrogen-bond donors (Lipinski definition) is 1. The number of nitrogens with one attached hydrogen (secondary N) is 1. The number of sulfonamides is 1. The number of rotatable bonds is 7. The van der Waals surface area contributed by atoms with Gasteiger partial charge in [-0.1, -0.05) is 6.92 Å². The first-order valence-electron chi connectivity index (χ1n) is 4.48. The highest BCUT2D eigenvalue weighted by molar-refractivity contribution is 7.89. The SMILES string of the molecule is C#CCC(CC)NS(=O)(=O)CCOC. The highest BCUT2D eigenvalue weighted by Gasteiger charge is 2.15. The minimum absolute atomic E-state index is 0.0232. The molecule has 1 atom stereocenters. The minimum atomic E-state index is -3.25. The molecule has 0 aromatic rings. The van der Waals surface area contributed by atoms with Gasteiger partial charge in [0.1, 0.15) is 0 Å². The van der Waals surface area contributed by atoms with Crippen LogP contribution in [0.15, 0.2) is 0 Å². The standard InChI is InChI=1S/C9H17NO3S/c1-4-6-9(5-2)10-14(11,12)8-7-13-3/h1,9-10H,5-8H2,2-3H3. The molecule has 0 saturated carbocycles. The fraction of sp³-hybridized carbons (Fsp3) is 0.778. The van der Waals surface area contributed by atoms with Crippen LogP contribution in [0.3, 0.4) is 0 Å². The van der Waals surface area contributed by atoms with Crippen molar-refractivity contribution in [3.8, 4) is 12.3 Å². The molecule has 1 unspecified atom stereocenters. The summed E-state index contributed by atoms with van der Waals surface area (Å²) in [7, 11) is -1.78. The van der Waals surface area contributed by atoms with E-state index in [-0.39, 0.29) is 18.4 Å². The van der Waals surface area contributed by atoms with Crippen LogP contribution in [0.25, 0.3) is 0 Å².